The number of amides is 1. The molecule has 0 spiro atoms. The van der Waals surface area contributed by atoms with Crippen LogP contribution in [0.15, 0.2) is 61.2 Å². The summed E-state index contributed by atoms with van der Waals surface area (Å²) >= 11 is 12.5. The third kappa shape index (κ3) is 5.48. The maximum absolute atomic E-state index is 13.3. The number of rotatable bonds is 9. The molecule has 1 fully saturated rings. The van der Waals surface area contributed by atoms with Crippen LogP contribution < -0.4 is 0 Å². The molecule has 1 heterocycles. The van der Waals surface area contributed by atoms with Gasteiger partial charge in [-0.3, -0.25) is 4.79 Å². The van der Waals surface area contributed by atoms with Crippen LogP contribution in [0, 0.1) is 5.92 Å². The van der Waals surface area contributed by atoms with Crippen molar-refractivity contribution in [1.29, 1.82) is 0 Å². The van der Waals surface area contributed by atoms with E-state index in [2.05, 4.69) is 18.4 Å². The summed E-state index contributed by atoms with van der Waals surface area (Å²) in [6.45, 7) is 10.7. The molecule has 1 aliphatic rings. The zero-order valence-electron chi connectivity index (χ0n) is 19.9. The summed E-state index contributed by atoms with van der Waals surface area (Å²) in [5, 5.41) is 13.3. The van der Waals surface area contributed by atoms with Crippen molar-refractivity contribution in [2.75, 3.05) is 6.54 Å². The lowest BCUT2D eigenvalue weighted by Crippen LogP contribution is -2.56. The Kier molecular flexibility index (Phi) is 8.31. The van der Waals surface area contributed by atoms with E-state index >= 15 is 0 Å². The Morgan fingerprint density at radius 2 is 1.91 bits per heavy atom. The fourth-order valence-electron chi connectivity index (χ4n) is 5.31. The van der Waals surface area contributed by atoms with Gasteiger partial charge in [0.25, 0.3) is 0 Å². The van der Waals surface area contributed by atoms with Gasteiger partial charge in [-0.25, -0.2) is 0 Å². The average Bonchev–Trinajstić information content (AvgIpc) is 2.79. The van der Waals surface area contributed by atoms with Crippen LogP contribution in [0.3, 0.4) is 0 Å². The number of aliphatic hydroxyl groups is 1. The Labute approximate surface area is 208 Å². The molecule has 0 saturated carbocycles. The number of hydrogen-bond donors (Lipinski definition) is 1. The maximum Gasteiger partial charge on any atom is 0.225 e. The zero-order chi connectivity index (χ0) is 24.2. The number of benzene rings is 2. The van der Waals surface area contributed by atoms with Crippen molar-refractivity contribution >= 4 is 29.1 Å². The molecule has 0 bridgehead atoms. The van der Waals surface area contributed by atoms with Crippen molar-refractivity contribution in [3.05, 3.63) is 82.4 Å². The van der Waals surface area contributed by atoms with Crippen molar-refractivity contribution in [3.63, 3.8) is 0 Å². The molecular weight excluding hydrogens is 453 g/mol. The fraction of sp³-hybridized carbons (Fsp3) is 0.464. The number of halogens is 2. The van der Waals surface area contributed by atoms with E-state index < -0.39 is 11.1 Å². The lowest BCUT2D eigenvalue weighted by molar-refractivity contribution is -0.147. The summed E-state index contributed by atoms with van der Waals surface area (Å²) in [4.78, 5) is 15.4. The number of hydrogen-bond acceptors (Lipinski definition) is 2. The molecule has 0 aliphatic carbocycles. The molecule has 178 valence electrons. The second kappa shape index (κ2) is 10.6. The van der Waals surface area contributed by atoms with E-state index in [1.54, 1.807) is 12.1 Å². The highest BCUT2D eigenvalue weighted by Crippen LogP contribution is 2.47. The van der Waals surface area contributed by atoms with Gasteiger partial charge in [0.2, 0.25) is 5.91 Å². The molecule has 0 aromatic heterocycles. The van der Waals surface area contributed by atoms with Gasteiger partial charge < -0.3 is 10.0 Å². The molecule has 0 radical (unpaired) electrons. The standard InChI is InChI=1S/C28H35Cl2NO2/c1-5-16-28(6-2,31-17-8-9-20(3)26(31)32)19-25(21-10-7-11-24(30)18-21)27(4,33)22-12-14-23(29)15-13-22/h5,7,10-15,18,20,25,33H,1,6,8-9,16-17,19H2,2-4H3/t20?,25-,27-,28+/m1/s1. The van der Waals surface area contributed by atoms with Crippen molar-refractivity contribution in [2.45, 2.75) is 69.9 Å². The number of nitrogens with zero attached hydrogens (tertiary/aromatic N) is 1. The molecule has 33 heavy (non-hydrogen) atoms. The average molecular weight is 488 g/mol. The van der Waals surface area contributed by atoms with Crippen LogP contribution in [0.4, 0.5) is 0 Å². The van der Waals surface area contributed by atoms with E-state index in [9.17, 15) is 9.90 Å². The molecule has 1 saturated heterocycles. The second-order valence-corrected chi connectivity index (χ2v) is 10.4. The molecular formula is C28H35Cl2NO2. The molecule has 4 atom stereocenters. The molecule has 3 nitrogen and oxygen atoms in total. The highest BCUT2D eigenvalue weighted by molar-refractivity contribution is 6.30. The highest BCUT2D eigenvalue weighted by Gasteiger charge is 2.46. The maximum atomic E-state index is 13.3. The monoisotopic (exact) mass is 487 g/mol. The number of piperidine rings is 1. The molecule has 5 heteroatoms. The molecule has 3 rings (SSSR count). The van der Waals surface area contributed by atoms with Crippen LogP contribution in [0.2, 0.25) is 10.0 Å². The third-order valence-corrected chi connectivity index (χ3v) is 7.89. The van der Waals surface area contributed by atoms with Gasteiger partial charge in [0.15, 0.2) is 0 Å². The number of carbonyl (C=O) groups excluding carboxylic acids is 1. The predicted octanol–water partition coefficient (Wildman–Crippen LogP) is 7.36. The molecule has 1 aliphatic heterocycles. The van der Waals surface area contributed by atoms with Crippen LogP contribution in [-0.2, 0) is 10.4 Å². The van der Waals surface area contributed by atoms with Crippen LogP contribution in [-0.4, -0.2) is 28.0 Å². The Morgan fingerprint density at radius 3 is 2.52 bits per heavy atom. The Balaban J connectivity index is 2.12. The third-order valence-electron chi connectivity index (χ3n) is 7.40. The van der Waals surface area contributed by atoms with Gasteiger partial charge >= 0.3 is 0 Å². The first-order valence-corrected chi connectivity index (χ1v) is 12.6. The summed E-state index contributed by atoms with van der Waals surface area (Å²) in [7, 11) is 0. The number of likely N-dealkylation sites (tertiary alicyclic amines) is 1. The molecule has 1 amide bonds. The molecule has 2 aromatic rings. The quantitative estimate of drug-likeness (QED) is 0.375. The van der Waals surface area contributed by atoms with Crippen molar-refractivity contribution < 1.29 is 9.90 Å². The van der Waals surface area contributed by atoms with Gasteiger partial charge in [0.05, 0.1) is 5.60 Å². The topological polar surface area (TPSA) is 40.5 Å². The summed E-state index contributed by atoms with van der Waals surface area (Å²) in [6, 6.07) is 15.0. The first kappa shape index (κ1) is 25.8. The minimum absolute atomic E-state index is 0.0101. The van der Waals surface area contributed by atoms with Gasteiger partial charge in [-0.15, -0.1) is 6.58 Å². The van der Waals surface area contributed by atoms with E-state index in [1.807, 2.05) is 56.3 Å². The zero-order valence-corrected chi connectivity index (χ0v) is 21.4. The van der Waals surface area contributed by atoms with E-state index in [-0.39, 0.29) is 17.7 Å². The largest absolute Gasteiger partial charge is 0.385 e. The van der Waals surface area contributed by atoms with Crippen LogP contribution in [0.1, 0.15) is 69.9 Å². The van der Waals surface area contributed by atoms with Gasteiger partial charge in [0, 0.05) is 34.0 Å². The van der Waals surface area contributed by atoms with E-state index in [0.717, 1.165) is 36.9 Å². The molecule has 2 aromatic carbocycles. The van der Waals surface area contributed by atoms with E-state index in [1.165, 1.54) is 0 Å². The van der Waals surface area contributed by atoms with Gasteiger partial charge in [-0.1, -0.05) is 67.4 Å². The van der Waals surface area contributed by atoms with Crippen LogP contribution >= 0.6 is 23.2 Å². The lowest BCUT2D eigenvalue weighted by Gasteiger charge is -2.50. The fourth-order valence-corrected chi connectivity index (χ4v) is 5.64. The second-order valence-electron chi connectivity index (χ2n) is 9.57. The van der Waals surface area contributed by atoms with E-state index in [0.29, 0.717) is 22.9 Å². The van der Waals surface area contributed by atoms with E-state index in [4.69, 9.17) is 23.2 Å². The Bertz CT molecular complexity index is 972. The minimum atomic E-state index is -1.21. The smallest absolute Gasteiger partial charge is 0.225 e. The highest BCUT2D eigenvalue weighted by atomic mass is 35.5. The Hall–Kier alpha value is -1.81. The molecule has 1 unspecified atom stereocenters. The summed E-state index contributed by atoms with van der Waals surface area (Å²) in [6.07, 6.45) is 5.83. The molecule has 1 N–H and O–H groups in total. The lowest BCUT2D eigenvalue weighted by atomic mass is 9.69. The van der Waals surface area contributed by atoms with Gasteiger partial charge in [0.1, 0.15) is 0 Å². The summed E-state index contributed by atoms with van der Waals surface area (Å²) in [5.41, 5.74) is 0.0683. The number of carbonyl (C=O) groups is 1. The van der Waals surface area contributed by atoms with Crippen molar-refractivity contribution in [3.8, 4) is 0 Å². The van der Waals surface area contributed by atoms with Gasteiger partial charge in [-0.2, -0.15) is 0 Å². The Morgan fingerprint density at radius 1 is 1.21 bits per heavy atom. The van der Waals surface area contributed by atoms with Crippen molar-refractivity contribution in [1.82, 2.24) is 4.90 Å². The predicted molar refractivity (Wildman–Crippen MR) is 138 cm³/mol. The summed E-state index contributed by atoms with van der Waals surface area (Å²) in [5.74, 6) is -0.0980. The van der Waals surface area contributed by atoms with Gasteiger partial charge in [-0.05, 0) is 74.4 Å². The SMILES string of the molecule is C=CC[C@@](CC)(C[C@H](c1cccc(Cl)c1)[C@](C)(O)c1ccc(Cl)cc1)N1CCCC(C)C1=O. The first-order valence-electron chi connectivity index (χ1n) is 11.8. The summed E-state index contributed by atoms with van der Waals surface area (Å²) < 4.78 is 0. The van der Waals surface area contributed by atoms with Crippen molar-refractivity contribution in [2.24, 2.45) is 5.92 Å². The minimum Gasteiger partial charge on any atom is -0.385 e. The van der Waals surface area contributed by atoms with Crippen LogP contribution in [0.25, 0.3) is 0 Å². The normalized spacial score (nSPS) is 21.2. The van der Waals surface area contributed by atoms with Crippen LogP contribution in [0.5, 0.6) is 0 Å². The first-order chi connectivity index (χ1) is 15.6.